The number of ether oxygens (including phenoxy) is 1. The number of nitrogens with two attached hydrogens (primary N) is 1. The summed E-state index contributed by atoms with van der Waals surface area (Å²) in [4.78, 5) is 3.99. The molecule has 100 valence electrons. The Morgan fingerprint density at radius 1 is 1.33 bits per heavy atom. The zero-order valence-corrected chi connectivity index (χ0v) is 11.2. The van der Waals surface area contributed by atoms with Gasteiger partial charge in [0, 0.05) is 6.20 Å². The molecule has 0 spiro atoms. The molecule has 18 heavy (non-hydrogen) atoms. The molecule has 1 aliphatic carbocycles. The molecule has 0 saturated heterocycles. The fourth-order valence-electron chi connectivity index (χ4n) is 2.61. The van der Waals surface area contributed by atoms with Crippen LogP contribution in [-0.2, 0) is 10.0 Å². The number of primary sulfonamides is 1. The largest absolute Gasteiger partial charge is 0.480 e. The molecule has 0 amide bonds. The first-order valence-corrected chi connectivity index (χ1v) is 7.64. The molecule has 0 unspecified atom stereocenters. The lowest BCUT2D eigenvalue weighted by atomic mass is 9.84. The number of methoxy groups -OCH3 is 1. The summed E-state index contributed by atoms with van der Waals surface area (Å²) in [7, 11) is -2.41. The fourth-order valence-corrected chi connectivity index (χ4v) is 3.55. The number of nitrogens with zero attached hydrogens (tertiary/aromatic N) is 1. The van der Waals surface area contributed by atoms with E-state index in [1.807, 2.05) is 0 Å². The van der Waals surface area contributed by atoms with Gasteiger partial charge in [0.05, 0.1) is 7.11 Å². The van der Waals surface area contributed by atoms with Gasteiger partial charge in [-0.05, 0) is 30.4 Å². The number of pyridine rings is 1. The number of aromatic nitrogens is 1. The Labute approximate surface area is 107 Å². The van der Waals surface area contributed by atoms with Crippen LogP contribution in [0.5, 0.6) is 5.88 Å². The van der Waals surface area contributed by atoms with E-state index in [9.17, 15) is 8.42 Å². The van der Waals surface area contributed by atoms with Crippen LogP contribution in [0.1, 0.15) is 43.6 Å². The molecule has 0 aromatic carbocycles. The maximum Gasteiger partial charge on any atom is 0.243 e. The van der Waals surface area contributed by atoms with E-state index < -0.39 is 10.0 Å². The molecule has 1 aromatic rings. The van der Waals surface area contributed by atoms with Crippen molar-refractivity contribution in [3.05, 3.63) is 17.8 Å². The molecule has 0 aliphatic heterocycles. The van der Waals surface area contributed by atoms with E-state index in [0.29, 0.717) is 0 Å². The van der Waals surface area contributed by atoms with Gasteiger partial charge in [0.25, 0.3) is 0 Å². The molecular formula is C12H18N2O3S. The van der Waals surface area contributed by atoms with Gasteiger partial charge in [-0.25, -0.2) is 18.5 Å². The van der Waals surface area contributed by atoms with Crippen LogP contribution in [0.4, 0.5) is 0 Å². The van der Waals surface area contributed by atoms with Crippen LogP contribution in [0, 0.1) is 0 Å². The van der Waals surface area contributed by atoms with Gasteiger partial charge in [-0.2, -0.15) is 0 Å². The summed E-state index contributed by atoms with van der Waals surface area (Å²) in [5.41, 5.74) is 0.754. The third-order valence-corrected chi connectivity index (χ3v) is 4.40. The molecule has 1 fully saturated rings. The summed E-state index contributed by atoms with van der Waals surface area (Å²) in [6.07, 6.45) is 7.03. The molecule has 0 atom stereocenters. The minimum absolute atomic E-state index is 0.0550. The maximum atomic E-state index is 11.7. The second-order valence-electron chi connectivity index (χ2n) is 4.62. The van der Waals surface area contributed by atoms with Crippen molar-refractivity contribution in [3.8, 4) is 5.88 Å². The average Bonchev–Trinajstić information content (AvgIpc) is 2.38. The molecule has 0 bridgehead atoms. The first kappa shape index (κ1) is 13.3. The highest BCUT2D eigenvalue weighted by atomic mass is 32.2. The van der Waals surface area contributed by atoms with Gasteiger partial charge in [0.1, 0.15) is 4.90 Å². The van der Waals surface area contributed by atoms with Crippen molar-refractivity contribution in [2.75, 3.05) is 7.11 Å². The van der Waals surface area contributed by atoms with E-state index in [4.69, 9.17) is 9.88 Å². The van der Waals surface area contributed by atoms with Crippen LogP contribution in [-0.4, -0.2) is 20.5 Å². The zero-order chi connectivity index (χ0) is 13.2. The van der Waals surface area contributed by atoms with Crippen molar-refractivity contribution >= 4 is 10.0 Å². The van der Waals surface area contributed by atoms with E-state index in [1.54, 1.807) is 12.3 Å². The summed E-state index contributed by atoms with van der Waals surface area (Å²) < 4.78 is 28.5. The van der Waals surface area contributed by atoms with E-state index >= 15 is 0 Å². The summed E-state index contributed by atoms with van der Waals surface area (Å²) in [6.45, 7) is 0. The first-order valence-electron chi connectivity index (χ1n) is 6.09. The van der Waals surface area contributed by atoms with E-state index in [1.165, 1.54) is 13.5 Å². The molecule has 2 N–H and O–H groups in total. The van der Waals surface area contributed by atoms with Crippen molar-refractivity contribution < 1.29 is 13.2 Å². The SMILES string of the molecule is COc1nccc(C2CCCCC2)c1S(N)(=O)=O. The highest BCUT2D eigenvalue weighted by Gasteiger charge is 2.27. The van der Waals surface area contributed by atoms with Gasteiger partial charge in [-0.3, -0.25) is 0 Å². The van der Waals surface area contributed by atoms with E-state index in [2.05, 4.69) is 4.98 Å². The lowest BCUT2D eigenvalue weighted by Crippen LogP contribution is -2.19. The van der Waals surface area contributed by atoms with Crippen LogP contribution in [0.15, 0.2) is 17.2 Å². The Kier molecular flexibility index (Phi) is 3.87. The highest BCUT2D eigenvalue weighted by molar-refractivity contribution is 7.89. The van der Waals surface area contributed by atoms with Gasteiger partial charge >= 0.3 is 0 Å². The normalized spacial score (nSPS) is 17.7. The van der Waals surface area contributed by atoms with Gasteiger partial charge in [-0.15, -0.1) is 0 Å². The molecule has 1 saturated carbocycles. The predicted molar refractivity (Wildman–Crippen MR) is 68.0 cm³/mol. The minimum Gasteiger partial charge on any atom is -0.480 e. The van der Waals surface area contributed by atoms with Crippen LogP contribution < -0.4 is 9.88 Å². The summed E-state index contributed by atoms with van der Waals surface area (Å²) in [5, 5.41) is 5.29. The van der Waals surface area contributed by atoms with Gasteiger partial charge < -0.3 is 4.74 Å². The van der Waals surface area contributed by atoms with Crippen molar-refractivity contribution in [3.63, 3.8) is 0 Å². The van der Waals surface area contributed by atoms with Crippen molar-refractivity contribution in [2.24, 2.45) is 5.14 Å². The molecule has 6 heteroatoms. The smallest absolute Gasteiger partial charge is 0.243 e. The molecule has 0 radical (unpaired) electrons. The fraction of sp³-hybridized carbons (Fsp3) is 0.583. The zero-order valence-electron chi connectivity index (χ0n) is 10.4. The quantitative estimate of drug-likeness (QED) is 0.907. The van der Waals surface area contributed by atoms with Crippen LogP contribution in [0.2, 0.25) is 0 Å². The lowest BCUT2D eigenvalue weighted by molar-refractivity contribution is 0.377. The van der Waals surface area contributed by atoms with Crippen LogP contribution in [0.3, 0.4) is 0 Å². The second kappa shape index (κ2) is 5.24. The Morgan fingerprint density at radius 3 is 2.56 bits per heavy atom. The molecular weight excluding hydrogens is 252 g/mol. The lowest BCUT2D eigenvalue weighted by Gasteiger charge is -2.24. The third-order valence-electron chi connectivity index (χ3n) is 3.43. The van der Waals surface area contributed by atoms with Crippen molar-refractivity contribution in [1.29, 1.82) is 0 Å². The summed E-state index contributed by atoms with van der Waals surface area (Å²) in [5.74, 6) is 0.338. The third kappa shape index (κ3) is 2.64. The molecule has 5 nitrogen and oxygen atoms in total. The van der Waals surface area contributed by atoms with Gasteiger partial charge in [0.15, 0.2) is 0 Å². The molecule has 1 heterocycles. The average molecular weight is 270 g/mol. The Morgan fingerprint density at radius 2 is 2.00 bits per heavy atom. The highest BCUT2D eigenvalue weighted by Crippen LogP contribution is 2.37. The summed E-state index contributed by atoms with van der Waals surface area (Å²) in [6, 6.07) is 1.75. The van der Waals surface area contributed by atoms with E-state index in [-0.39, 0.29) is 16.7 Å². The Balaban J connectivity index is 2.52. The number of sulfonamides is 1. The minimum atomic E-state index is -3.81. The molecule has 1 aromatic heterocycles. The number of hydrogen-bond donors (Lipinski definition) is 1. The van der Waals surface area contributed by atoms with Crippen LogP contribution in [0.25, 0.3) is 0 Å². The van der Waals surface area contributed by atoms with Crippen LogP contribution >= 0.6 is 0 Å². The van der Waals surface area contributed by atoms with Gasteiger partial charge in [-0.1, -0.05) is 19.3 Å². The number of rotatable bonds is 3. The Bertz CT molecular complexity index is 522. The molecule has 1 aliphatic rings. The van der Waals surface area contributed by atoms with Gasteiger partial charge in [0.2, 0.25) is 15.9 Å². The molecule has 2 rings (SSSR count). The topological polar surface area (TPSA) is 82.3 Å². The standard InChI is InChI=1S/C12H18N2O3S/c1-17-12-11(18(13,15)16)10(7-8-14-12)9-5-3-2-4-6-9/h7-9H,2-6H2,1H3,(H2,13,15,16). The van der Waals surface area contributed by atoms with Crippen molar-refractivity contribution in [2.45, 2.75) is 42.9 Å². The monoisotopic (exact) mass is 270 g/mol. The Hall–Kier alpha value is -1.14. The predicted octanol–water partition coefficient (Wildman–Crippen LogP) is 1.79. The van der Waals surface area contributed by atoms with E-state index in [0.717, 1.165) is 31.2 Å². The second-order valence-corrected chi connectivity index (χ2v) is 6.12. The van der Waals surface area contributed by atoms with Crippen molar-refractivity contribution in [1.82, 2.24) is 4.98 Å². The maximum absolute atomic E-state index is 11.7. The first-order chi connectivity index (χ1) is 8.54. The summed E-state index contributed by atoms with van der Waals surface area (Å²) >= 11 is 0. The number of hydrogen-bond acceptors (Lipinski definition) is 4.